The largest absolute Gasteiger partial charge is 0.478 e. The molecule has 12 heteroatoms. The topological polar surface area (TPSA) is 192 Å². The van der Waals surface area contributed by atoms with Crippen LogP contribution in [-0.2, 0) is 14.4 Å². The van der Waals surface area contributed by atoms with Crippen LogP contribution in [0.5, 0.6) is 0 Å². The van der Waals surface area contributed by atoms with Crippen LogP contribution in [0.15, 0.2) is 24.5 Å². The monoisotopic (exact) mass is 443 g/mol. The van der Waals surface area contributed by atoms with Gasteiger partial charge in [-0.3, -0.25) is 4.79 Å². The summed E-state index contributed by atoms with van der Waals surface area (Å²) in [5.74, 6) is -2.16. The first-order chi connectivity index (χ1) is 15.1. The summed E-state index contributed by atoms with van der Waals surface area (Å²) in [7, 11) is 0. The highest BCUT2D eigenvalue weighted by Gasteiger charge is 2.29. The minimum Gasteiger partial charge on any atom is -0.478 e. The number of rotatable bonds is 8. The molecule has 2 rings (SSSR count). The maximum absolute atomic E-state index is 12.3. The number of carbonyl (C=O) groups excluding carboxylic acids is 1. The molecule has 1 saturated heterocycles. The fraction of sp³-hybridized carbons (Fsp3) is 0.450. The second-order valence-electron chi connectivity index (χ2n) is 7.34. The van der Waals surface area contributed by atoms with E-state index in [0.717, 1.165) is 12.8 Å². The van der Waals surface area contributed by atoms with Crippen molar-refractivity contribution in [2.45, 2.75) is 38.3 Å². The minimum absolute atomic E-state index is 0.0654. The normalized spacial score (nSPS) is 15.2. The van der Waals surface area contributed by atoms with Crippen molar-refractivity contribution in [1.82, 2.24) is 20.2 Å². The van der Waals surface area contributed by atoms with E-state index in [9.17, 15) is 14.4 Å². The Morgan fingerprint density at radius 1 is 1.22 bits per heavy atom. The Balaban J connectivity index is 0.000000547. The lowest BCUT2D eigenvalue weighted by Crippen LogP contribution is -2.50. The highest BCUT2D eigenvalue weighted by molar-refractivity contribution is 5.89. The molecule has 1 aliphatic heterocycles. The molecule has 0 radical (unpaired) electrons. The molecular formula is C20H25N7O5. The highest BCUT2D eigenvalue weighted by Crippen LogP contribution is 2.16. The first-order valence-electron chi connectivity index (χ1n) is 9.62. The molecule has 1 aliphatic rings. The Morgan fingerprint density at radius 3 is 2.41 bits per heavy atom. The average Bonchev–Trinajstić information content (AvgIpc) is 3.24. The van der Waals surface area contributed by atoms with Gasteiger partial charge >= 0.3 is 11.9 Å². The van der Waals surface area contributed by atoms with Crippen LogP contribution in [0.2, 0.25) is 0 Å². The smallest absolute Gasteiger partial charge is 0.328 e. The summed E-state index contributed by atoms with van der Waals surface area (Å²) in [5.41, 5.74) is -0.166. The third-order valence-electron chi connectivity index (χ3n) is 4.31. The second-order valence-corrected chi connectivity index (χ2v) is 7.34. The number of hydrogen-bond acceptors (Lipinski definition) is 9. The van der Waals surface area contributed by atoms with Crippen molar-refractivity contribution >= 4 is 23.7 Å². The van der Waals surface area contributed by atoms with E-state index in [2.05, 4.69) is 26.7 Å². The fourth-order valence-electron chi connectivity index (χ4n) is 2.67. The van der Waals surface area contributed by atoms with E-state index in [4.69, 9.17) is 20.7 Å². The van der Waals surface area contributed by atoms with Gasteiger partial charge in [-0.25, -0.2) is 19.6 Å². The molecule has 1 amide bonds. The molecule has 0 spiro atoms. The van der Waals surface area contributed by atoms with Crippen LogP contribution in [0.3, 0.4) is 0 Å². The Morgan fingerprint density at radius 2 is 1.84 bits per heavy atom. The van der Waals surface area contributed by atoms with Crippen LogP contribution >= 0.6 is 0 Å². The molecule has 170 valence electrons. The number of likely N-dealkylation sites (tertiary alicyclic amines) is 1. The summed E-state index contributed by atoms with van der Waals surface area (Å²) < 4.78 is 0. The van der Waals surface area contributed by atoms with E-state index >= 15 is 0 Å². The number of nitriles is 2. The van der Waals surface area contributed by atoms with Gasteiger partial charge in [0.15, 0.2) is 11.5 Å². The van der Waals surface area contributed by atoms with Crippen molar-refractivity contribution in [1.29, 1.82) is 10.5 Å². The van der Waals surface area contributed by atoms with Crippen molar-refractivity contribution in [3.05, 3.63) is 30.2 Å². The van der Waals surface area contributed by atoms with Crippen LogP contribution in [0, 0.1) is 22.7 Å². The number of carbonyl (C=O) groups is 3. The maximum Gasteiger partial charge on any atom is 0.328 e. The lowest BCUT2D eigenvalue weighted by molar-refractivity contribution is -0.134. The second kappa shape index (κ2) is 12.6. The third kappa shape index (κ3) is 9.19. The molecule has 12 nitrogen and oxygen atoms in total. The van der Waals surface area contributed by atoms with Crippen molar-refractivity contribution in [3.63, 3.8) is 0 Å². The number of aromatic nitrogens is 2. The summed E-state index contributed by atoms with van der Waals surface area (Å²) in [6.07, 6.45) is 5.72. The summed E-state index contributed by atoms with van der Waals surface area (Å²) >= 11 is 0. The van der Waals surface area contributed by atoms with Crippen molar-refractivity contribution in [3.8, 4) is 12.1 Å². The Hall–Kier alpha value is -4.03. The zero-order valence-corrected chi connectivity index (χ0v) is 17.8. The van der Waals surface area contributed by atoms with E-state index in [1.54, 1.807) is 4.90 Å². The zero-order chi connectivity index (χ0) is 24.1. The first-order valence-corrected chi connectivity index (χ1v) is 9.62. The summed E-state index contributed by atoms with van der Waals surface area (Å²) in [4.78, 5) is 41.0. The van der Waals surface area contributed by atoms with Gasteiger partial charge < -0.3 is 25.7 Å². The lowest BCUT2D eigenvalue weighted by Gasteiger charge is -2.28. The van der Waals surface area contributed by atoms with Crippen molar-refractivity contribution < 1.29 is 24.6 Å². The summed E-state index contributed by atoms with van der Waals surface area (Å²) in [6, 6.07) is 3.85. The van der Waals surface area contributed by atoms with Crippen LogP contribution < -0.4 is 10.6 Å². The Labute approximate surface area is 185 Å². The number of nitrogens with zero attached hydrogens (tertiary/aromatic N) is 5. The molecule has 1 atom stereocenters. The standard InChI is InChI=1S/C16H21N7O.C4H4O4/c1-16(2,11-21-15-13(9-18)19-5-6-20-15)22-10-14(24)23-7-3-4-12(23)8-17;5-3(6)1-2-4(7)8/h5-6,12,22H,3-4,7,10-11H2,1-2H3,(H,20,21);1-2H,(H,5,6)(H,7,8)/b;2-1+/t12-;/m0./s1. The summed E-state index contributed by atoms with van der Waals surface area (Å²) in [5, 5.41) is 40.0. The Bertz CT molecular complexity index is 917. The van der Waals surface area contributed by atoms with Gasteiger partial charge in [0.1, 0.15) is 12.1 Å². The first kappa shape index (κ1) is 26.0. The molecule has 0 bridgehead atoms. The molecule has 1 fully saturated rings. The number of hydrogen-bond donors (Lipinski definition) is 4. The quantitative estimate of drug-likeness (QED) is 0.405. The molecule has 0 aromatic carbocycles. The predicted octanol–water partition coefficient (Wildman–Crippen LogP) is 0.355. The molecule has 4 N–H and O–H groups in total. The molecule has 32 heavy (non-hydrogen) atoms. The predicted molar refractivity (Wildman–Crippen MR) is 112 cm³/mol. The van der Waals surface area contributed by atoms with Gasteiger partial charge in [0, 0.05) is 43.2 Å². The van der Waals surface area contributed by atoms with Crippen LogP contribution in [0.4, 0.5) is 5.82 Å². The van der Waals surface area contributed by atoms with Gasteiger partial charge in [-0.15, -0.1) is 0 Å². The van der Waals surface area contributed by atoms with Crippen LogP contribution in [0.1, 0.15) is 32.4 Å². The summed E-state index contributed by atoms with van der Waals surface area (Å²) in [6.45, 7) is 5.17. The number of anilines is 1. The van der Waals surface area contributed by atoms with E-state index in [1.807, 2.05) is 19.9 Å². The van der Waals surface area contributed by atoms with E-state index in [0.29, 0.717) is 31.1 Å². The van der Waals surface area contributed by atoms with E-state index in [1.165, 1.54) is 12.4 Å². The number of amides is 1. The molecular weight excluding hydrogens is 418 g/mol. The Kier molecular flexibility index (Phi) is 10.3. The van der Waals surface area contributed by atoms with Gasteiger partial charge in [-0.05, 0) is 26.7 Å². The average molecular weight is 443 g/mol. The van der Waals surface area contributed by atoms with Gasteiger partial charge in [-0.1, -0.05) is 0 Å². The van der Waals surface area contributed by atoms with Gasteiger partial charge in [0.25, 0.3) is 0 Å². The SMILES string of the molecule is CC(C)(CNc1nccnc1C#N)NCC(=O)N1CCC[C@H]1C#N.O=C(O)/C=C/C(=O)O. The zero-order valence-electron chi connectivity index (χ0n) is 17.8. The van der Waals surface area contributed by atoms with Gasteiger partial charge in [0.05, 0.1) is 12.6 Å². The number of carboxylic acids is 2. The molecule has 0 unspecified atom stereocenters. The van der Waals surface area contributed by atoms with Gasteiger partial charge in [0.2, 0.25) is 5.91 Å². The maximum atomic E-state index is 12.3. The van der Waals surface area contributed by atoms with Crippen LogP contribution in [-0.4, -0.2) is 74.1 Å². The third-order valence-corrected chi connectivity index (χ3v) is 4.31. The van der Waals surface area contributed by atoms with Crippen LogP contribution in [0.25, 0.3) is 0 Å². The fourth-order valence-corrected chi connectivity index (χ4v) is 2.67. The molecule has 0 aliphatic carbocycles. The van der Waals surface area contributed by atoms with E-state index in [-0.39, 0.29) is 24.2 Å². The molecule has 2 heterocycles. The molecule has 1 aromatic heterocycles. The minimum atomic E-state index is -1.26. The number of carboxylic acid groups (broad SMARTS) is 2. The van der Waals surface area contributed by atoms with Crippen molar-refractivity contribution in [2.75, 3.05) is 25.0 Å². The number of nitrogens with one attached hydrogen (secondary N) is 2. The van der Waals surface area contributed by atoms with Gasteiger partial charge in [-0.2, -0.15) is 10.5 Å². The lowest BCUT2D eigenvalue weighted by atomic mass is 10.1. The molecule has 0 saturated carbocycles. The number of aliphatic carboxylic acids is 2. The van der Waals surface area contributed by atoms with E-state index < -0.39 is 17.5 Å². The molecule has 1 aromatic rings. The highest BCUT2D eigenvalue weighted by atomic mass is 16.4. The van der Waals surface area contributed by atoms with Crippen molar-refractivity contribution in [2.24, 2.45) is 0 Å².